The molecule has 3 fully saturated rings. The van der Waals surface area contributed by atoms with Crippen molar-refractivity contribution in [1.82, 2.24) is 5.32 Å². The summed E-state index contributed by atoms with van der Waals surface area (Å²) in [4.78, 5) is 0. The molecule has 0 radical (unpaired) electrons. The van der Waals surface area contributed by atoms with Crippen LogP contribution in [0.15, 0.2) is 0 Å². The quantitative estimate of drug-likeness (QED) is 0.818. The third kappa shape index (κ3) is 2.65. The van der Waals surface area contributed by atoms with Crippen LogP contribution < -0.4 is 5.32 Å². The second-order valence-electron chi connectivity index (χ2n) is 7.33. The van der Waals surface area contributed by atoms with Gasteiger partial charge in [-0.25, -0.2) is 0 Å². The van der Waals surface area contributed by atoms with Crippen LogP contribution in [0, 0.1) is 11.8 Å². The maximum atomic E-state index is 11.4. The van der Waals surface area contributed by atoms with Crippen LogP contribution in [0.4, 0.5) is 0 Å². The summed E-state index contributed by atoms with van der Waals surface area (Å²) in [5, 5.41) is 14.8. The number of ether oxygens (including phenoxy) is 1. The summed E-state index contributed by atoms with van der Waals surface area (Å²) in [6.45, 7) is 5.03. The first-order chi connectivity index (χ1) is 9.69. The van der Waals surface area contributed by atoms with Gasteiger partial charge in [0.25, 0.3) is 0 Å². The van der Waals surface area contributed by atoms with Crippen molar-refractivity contribution in [1.29, 1.82) is 0 Å². The number of hydrogen-bond donors (Lipinski definition) is 2. The lowest BCUT2D eigenvalue weighted by Gasteiger charge is -2.52. The fourth-order valence-corrected chi connectivity index (χ4v) is 4.98. The molecule has 0 aromatic heterocycles. The fourth-order valence-electron chi connectivity index (χ4n) is 4.98. The molecule has 2 aliphatic heterocycles. The van der Waals surface area contributed by atoms with Crippen molar-refractivity contribution < 1.29 is 9.84 Å². The number of hydrogen-bond acceptors (Lipinski definition) is 3. The maximum Gasteiger partial charge on any atom is 0.0729 e. The lowest BCUT2D eigenvalue weighted by atomic mass is 9.64. The molecule has 3 atom stereocenters. The Morgan fingerprint density at radius 1 is 1.20 bits per heavy atom. The van der Waals surface area contributed by atoms with Gasteiger partial charge in [-0.15, -0.1) is 0 Å². The van der Waals surface area contributed by atoms with Crippen molar-refractivity contribution in [3.8, 4) is 0 Å². The summed E-state index contributed by atoms with van der Waals surface area (Å²) in [5.74, 6) is 0.862. The lowest BCUT2D eigenvalue weighted by molar-refractivity contribution is -0.176. The highest BCUT2D eigenvalue weighted by Crippen LogP contribution is 2.47. The minimum atomic E-state index is -0.450. The van der Waals surface area contributed by atoms with Crippen LogP contribution in [0.1, 0.15) is 64.7 Å². The van der Waals surface area contributed by atoms with Crippen LogP contribution in [-0.4, -0.2) is 36.0 Å². The highest BCUT2D eigenvalue weighted by molar-refractivity contribution is 5.01. The third-order valence-electron chi connectivity index (χ3n) is 6.26. The molecule has 3 rings (SSSR count). The highest BCUT2D eigenvalue weighted by Gasteiger charge is 2.49. The predicted octanol–water partition coefficient (Wildman–Crippen LogP) is 2.87. The van der Waals surface area contributed by atoms with Gasteiger partial charge in [-0.3, -0.25) is 0 Å². The van der Waals surface area contributed by atoms with Crippen LogP contribution in [-0.2, 0) is 4.74 Å². The molecule has 2 N–H and O–H groups in total. The van der Waals surface area contributed by atoms with E-state index in [0.717, 1.165) is 45.4 Å². The van der Waals surface area contributed by atoms with Gasteiger partial charge in [0, 0.05) is 19.1 Å². The Kier molecular flexibility index (Phi) is 4.40. The van der Waals surface area contributed by atoms with Crippen LogP contribution in [0.2, 0.25) is 0 Å². The van der Waals surface area contributed by atoms with Gasteiger partial charge in [0.2, 0.25) is 0 Å². The number of piperidine rings is 1. The van der Waals surface area contributed by atoms with Crippen molar-refractivity contribution in [2.45, 2.75) is 75.9 Å². The van der Waals surface area contributed by atoms with Crippen LogP contribution >= 0.6 is 0 Å². The monoisotopic (exact) mass is 281 g/mol. The minimum Gasteiger partial charge on any atom is -0.389 e. The van der Waals surface area contributed by atoms with E-state index < -0.39 is 5.60 Å². The van der Waals surface area contributed by atoms with E-state index >= 15 is 0 Å². The van der Waals surface area contributed by atoms with Gasteiger partial charge < -0.3 is 15.2 Å². The SMILES string of the molecule is CCC1CNCCC1(O)C1CCOC2(CCCCC2)C1. The largest absolute Gasteiger partial charge is 0.389 e. The molecule has 1 saturated carbocycles. The Balaban J connectivity index is 1.74. The first-order valence-corrected chi connectivity index (χ1v) is 8.76. The molecule has 3 heteroatoms. The van der Waals surface area contributed by atoms with Crippen molar-refractivity contribution >= 4 is 0 Å². The Morgan fingerprint density at radius 2 is 2.00 bits per heavy atom. The molecular weight excluding hydrogens is 250 g/mol. The van der Waals surface area contributed by atoms with Gasteiger partial charge in [-0.2, -0.15) is 0 Å². The third-order valence-corrected chi connectivity index (χ3v) is 6.26. The maximum absolute atomic E-state index is 11.4. The molecule has 0 amide bonds. The molecule has 2 heterocycles. The smallest absolute Gasteiger partial charge is 0.0729 e. The Morgan fingerprint density at radius 3 is 2.75 bits per heavy atom. The summed E-state index contributed by atoms with van der Waals surface area (Å²) in [5.41, 5.74) is -0.339. The molecular formula is C17H31NO2. The van der Waals surface area contributed by atoms with E-state index in [9.17, 15) is 5.11 Å². The standard InChI is InChI=1S/C17H31NO2/c1-2-14-13-18-10-9-17(14,19)15-6-11-20-16(12-15)7-4-3-5-8-16/h14-15,18-19H,2-13H2,1H3. The molecule has 3 aliphatic rings. The second-order valence-corrected chi connectivity index (χ2v) is 7.33. The van der Waals surface area contributed by atoms with Gasteiger partial charge in [-0.1, -0.05) is 26.2 Å². The topological polar surface area (TPSA) is 41.5 Å². The Bertz CT molecular complexity index is 321. The van der Waals surface area contributed by atoms with Crippen molar-refractivity contribution in [2.24, 2.45) is 11.8 Å². The Labute approximate surface area is 123 Å². The fraction of sp³-hybridized carbons (Fsp3) is 1.00. The van der Waals surface area contributed by atoms with Crippen LogP contribution in [0.25, 0.3) is 0 Å². The second kappa shape index (κ2) is 5.94. The zero-order valence-electron chi connectivity index (χ0n) is 13.0. The molecule has 0 bridgehead atoms. The summed E-state index contributed by atoms with van der Waals surface area (Å²) >= 11 is 0. The average molecular weight is 281 g/mol. The van der Waals surface area contributed by atoms with E-state index in [1.165, 1.54) is 32.1 Å². The highest BCUT2D eigenvalue weighted by atomic mass is 16.5. The van der Waals surface area contributed by atoms with E-state index in [1.54, 1.807) is 0 Å². The van der Waals surface area contributed by atoms with Gasteiger partial charge in [0.15, 0.2) is 0 Å². The molecule has 1 spiro atoms. The summed E-state index contributed by atoms with van der Waals surface area (Å²) < 4.78 is 6.21. The molecule has 0 aromatic carbocycles. The van der Waals surface area contributed by atoms with E-state index in [2.05, 4.69) is 12.2 Å². The molecule has 2 saturated heterocycles. The normalized spacial score (nSPS) is 41.7. The van der Waals surface area contributed by atoms with E-state index in [-0.39, 0.29) is 5.60 Å². The molecule has 1 aliphatic carbocycles. The first kappa shape index (κ1) is 14.8. The number of rotatable bonds is 2. The van der Waals surface area contributed by atoms with E-state index in [0.29, 0.717) is 11.8 Å². The van der Waals surface area contributed by atoms with Crippen molar-refractivity contribution in [3.63, 3.8) is 0 Å². The average Bonchev–Trinajstić information content (AvgIpc) is 2.48. The van der Waals surface area contributed by atoms with E-state index in [1.807, 2.05) is 0 Å². The number of nitrogens with one attached hydrogen (secondary N) is 1. The molecule has 116 valence electrons. The lowest BCUT2D eigenvalue weighted by Crippen LogP contribution is -2.58. The zero-order chi connectivity index (χ0) is 14.1. The predicted molar refractivity (Wildman–Crippen MR) is 80.7 cm³/mol. The first-order valence-electron chi connectivity index (χ1n) is 8.76. The summed E-state index contributed by atoms with van der Waals surface area (Å²) in [6, 6.07) is 0. The van der Waals surface area contributed by atoms with Gasteiger partial charge >= 0.3 is 0 Å². The molecule has 3 nitrogen and oxygen atoms in total. The zero-order valence-corrected chi connectivity index (χ0v) is 13.0. The summed E-state index contributed by atoms with van der Waals surface area (Å²) in [7, 11) is 0. The van der Waals surface area contributed by atoms with Crippen molar-refractivity contribution in [3.05, 3.63) is 0 Å². The van der Waals surface area contributed by atoms with Crippen LogP contribution in [0.5, 0.6) is 0 Å². The molecule has 3 unspecified atom stereocenters. The van der Waals surface area contributed by atoms with Gasteiger partial charge in [0.05, 0.1) is 11.2 Å². The molecule has 0 aromatic rings. The minimum absolute atomic E-state index is 0.111. The van der Waals surface area contributed by atoms with Gasteiger partial charge in [-0.05, 0) is 51.0 Å². The van der Waals surface area contributed by atoms with Crippen LogP contribution in [0.3, 0.4) is 0 Å². The van der Waals surface area contributed by atoms with Crippen molar-refractivity contribution in [2.75, 3.05) is 19.7 Å². The molecule has 20 heavy (non-hydrogen) atoms. The van der Waals surface area contributed by atoms with E-state index in [4.69, 9.17) is 4.74 Å². The summed E-state index contributed by atoms with van der Waals surface area (Å²) in [6.07, 6.45) is 10.6. The van der Waals surface area contributed by atoms with Gasteiger partial charge in [0.1, 0.15) is 0 Å². The Hall–Kier alpha value is -0.120. The number of aliphatic hydroxyl groups is 1.